The van der Waals surface area contributed by atoms with Gasteiger partial charge in [-0.15, -0.1) is 0 Å². The third-order valence-electron chi connectivity index (χ3n) is 5.26. The van der Waals surface area contributed by atoms with Crippen molar-refractivity contribution in [3.05, 3.63) is 47.0 Å². The lowest BCUT2D eigenvalue weighted by Crippen LogP contribution is -2.57. The highest BCUT2D eigenvalue weighted by Gasteiger charge is 2.43. The first-order valence-corrected chi connectivity index (χ1v) is 9.43. The van der Waals surface area contributed by atoms with Crippen LogP contribution in [0.25, 0.3) is 10.8 Å². The first-order chi connectivity index (χ1) is 13.2. The summed E-state index contributed by atoms with van der Waals surface area (Å²) in [7, 11) is 0. The normalized spacial score (nSPS) is 20.0. The van der Waals surface area contributed by atoms with E-state index in [4.69, 9.17) is 0 Å². The van der Waals surface area contributed by atoms with E-state index in [0.717, 1.165) is 15.8 Å². The number of carbonyl (C=O) groups is 4. The van der Waals surface area contributed by atoms with Crippen molar-refractivity contribution in [2.45, 2.75) is 46.1 Å². The Morgan fingerprint density at radius 3 is 2.46 bits per heavy atom. The highest BCUT2D eigenvalue weighted by Crippen LogP contribution is 2.36. The highest BCUT2D eigenvalue weighted by atomic mass is 16.2. The SMILES string of the molecule is CC(C)(C)Cc1ccc2cccc3c2c1C(=O)N(C1CCC(=O)NC1=O)C3=O. The molecule has 0 radical (unpaired) electrons. The number of rotatable bonds is 2. The zero-order chi connectivity index (χ0) is 20.2. The molecule has 1 unspecified atom stereocenters. The molecule has 2 heterocycles. The molecule has 1 saturated heterocycles. The summed E-state index contributed by atoms with van der Waals surface area (Å²) in [6.45, 7) is 6.27. The molecule has 4 amide bonds. The Balaban J connectivity index is 1.90. The molecular formula is C22H22N2O4. The van der Waals surface area contributed by atoms with Gasteiger partial charge < -0.3 is 0 Å². The van der Waals surface area contributed by atoms with Gasteiger partial charge in [-0.25, -0.2) is 0 Å². The predicted octanol–water partition coefficient (Wildman–Crippen LogP) is 2.83. The van der Waals surface area contributed by atoms with Gasteiger partial charge in [0.2, 0.25) is 11.8 Å². The number of hydrogen-bond donors (Lipinski definition) is 1. The third-order valence-corrected chi connectivity index (χ3v) is 5.26. The van der Waals surface area contributed by atoms with Crippen LogP contribution in [-0.2, 0) is 16.0 Å². The summed E-state index contributed by atoms with van der Waals surface area (Å²) in [6.07, 6.45) is 0.915. The Kier molecular flexibility index (Phi) is 4.10. The van der Waals surface area contributed by atoms with Crippen LogP contribution in [0.3, 0.4) is 0 Å². The van der Waals surface area contributed by atoms with E-state index in [9.17, 15) is 19.2 Å². The second kappa shape index (κ2) is 6.26. The van der Waals surface area contributed by atoms with Crippen molar-refractivity contribution in [2.75, 3.05) is 0 Å². The van der Waals surface area contributed by atoms with E-state index in [-0.39, 0.29) is 24.2 Å². The van der Waals surface area contributed by atoms with Crippen molar-refractivity contribution in [1.29, 1.82) is 0 Å². The summed E-state index contributed by atoms with van der Waals surface area (Å²) in [5.74, 6) is -1.91. The van der Waals surface area contributed by atoms with E-state index in [2.05, 4.69) is 26.1 Å². The molecule has 0 bridgehead atoms. The lowest BCUT2D eigenvalue weighted by atomic mass is 9.82. The number of carbonyl (C=O) groups excluding carboxylic acids is 4. The molecule has 1 fully saturated rings. The Bertz CT molecular complexity index is 1050. The summed E-state index contributed by atoms with van der Waals surface area (Å²) in [5.41, 5.74) is 1.72. The molecule has 28 heavy (non-hydrogen) atoms. The molecule has 0 aliphatic carbocycles. The molecule has 2 aliphatic rings. The van der Waals surface area contributed by atoms with Gasteiger partial charge in [0.1, 0.15) is 6.04 Å². The Hall–Kier alpha value is -3.02. The molecule has 4 rings (SSSR count). The molecule has 0 aromatic heterocycles. The smallest absolute Gasteiger partial charge is 0.262 e. The zero-order valence-corrected chi connectivity index (χ0v) is 16.2. The maximum absolute atomic E-state index is 13.5. The highest BCUT2D eigenvalue weighted by molar-refractivity contribution is 6.27. The van der Waals surface area contributed by atoms with Crippen molar-refractivity contribution >= 4 is 34.4 Å². The van der Waals surface area contributed by atoms with Crippen LogP contribution in [0.15, 0.2) is 30.3 Å². The second-order valence-corrected chi connectivity index (χ2v) is 8.69. The van der Waals surface area contributed by atoms with Crippen LogP contribution >= 0.6 is 0 Å². The molecule has 1 N–H and O–H groups in total. The van der Waals surface area contributed by atoms with Crippen molar-refractivity contribution in [1.82, 2.24) is 10.2 Å². The van der Waals surface area contributed by atoms with Gasteiger partial charge >= 0.3 is 0 Å². The number of benzene rings is 2. The van der Waals surface area contributed by atoms with Gasteiger partial charge in [-0.05, 0) is 35.3 Å². The van der Waals surface area contributed by atoms with Crippen LogP contribution in [0.1, 0.15) is 59.9 Å². The molecule has 144 valence electrons. The maximum Gasteiger partial charge on any atom is 0.262 e. The third kappa shape index (κ3) is 2.89. The monoisotopic (exact) mass is 378 g/mol. The van der Waals surface area contributed by atoms with Crippen molar-refractivity contribution < 1.29 is 19.2 Å². The fourth-order valence-corrected chi connectivity index (χ4v) is 4.12. The molecule has 6 nitrogen and oxygen atoms in total. The van der Waals surface area contributed by atoms with Gasteiger partial charge in [-0.1, -0.05) is 45.0 Å². The lowest BCUT2D eigenvalue weighted by Gasteiger charge is -2.35. The van der Waals surface area contributed by atoms with E-state index < -0.39 is 23.8 Å². The van der Waals surface area contributed by atoms with Gasteiger partial charge in [-0.2, -0.15) is 0 Å². The van der Waals surface area contributed by atoms with Crippen molar-refractivity contribution in [3.63, 3.8) is 0 Å². The van der Waals surface area contributed by atoms with Gasteiger partial charge in [0.05, 0.1) is 5.56 Å². The van der Waals surface area contributed by atoms with Crippen LogP contribution < -0.4 is 5.32 Å². The fraction of sp³-hybridized carbons (Fsp3) is 0.364. The summed E-state index contributed by atoms with van der Waals surface area (Å²) in [4.78, 5) is 51.6. The summed E-state index contributed by atoms with van der Waals surface area (Å²) in [5, 5.41) is 3.73. The van der Waals surface area contributed by atoms with E-state index in [1.807, 2.05) is 18.2 Å². The Morgan fingerprint density at radius 2 is 1.79 bits per heavy atom. The van der Waals surface area contributed by atoms with E-state index in [1.165, 1.54) is 0 Å². The fourth-order valence-electron chi connectivity index (χ4n) is 4.12. The standard InChI is InChI=1S/C22H22N2O4/c1-22(2,3)11-13-8-7-12-5-4-6-14-17(12)18(13)21(28)24(20(14)27)15-9-10-16(25)23-19(15)26/h4-8,15H,9-11H2,1-3H3,(H,23,25,26). The first kappa shape index (κ1) is 18.3. The van der Waals surface area contributed by atoms with Crippen LogP contribution in [0.4, 0.5) is 0 Å². The molecular weight excluding hydrogens is 356 g/mol. The average molecular weight is 378 g/mol. The quantitative estimate of drug-likeness (QED) is 0.815. The maximum atomic E-state index is 13.5. The van der Waals surface area contributed by atoms with Gasteiger partial charge in [0.25, 0.3) is 11.8 Å². The van der Waals surface area contributed by atoms with Crippen LogP contribution in [-0.4, -0.2) is 34.6 Å². The minimum absolute atomic E-state index is 0.0552. The Labute approximate surface area is 162 Å². The van der Waals surface area contributed by atoms with E-state index in [1.54, 1.807) is 12.1 Å². The van der Waals surface area contributed by atoms with Crippen molar-refractivity contribution in [2.24, 2.45) is 5.41 Å². The zero-order valence-electron chi connectivity index (χ0n) is 16.2. The Morgan fingerprint density at radius 1 is 1.04 bits per heavy atom. The molecule has 1 atom stereocenters. The van der Waals surface area contributed by atoms with Crippen molar-refractivity contribution in [3.8, 4) is 0 Å². The first-order valence-electron chi connectivity index (χ1n) is 9.43. The molecule has 2 aromatic rings. The van der Waals surface area contributed by atoms with Crippen LogP contribution in [0.5, 0.6) is 0 Å². The number of piperidine rings is 1. The molecule has 2 aliphatic heterocycles. The van der Waals surface area contributed by atoms with Gasteiger partial charge in [-0.3, -0.25) is 29.4 Å². The second-order valence-electron chi connectivity index (χ2n) is 8.69. The van der Waals surface area contributed by atoms with Crippen LogP contribution in [0.2, 0.25) is 0 Å². The number of nitrogens with zero attached hydrogens (tertiary/aromatic N) is 1. The number of amides is 4. The number of nitrogens with one attached hydrogen (secondary N) is 1. The summed E-state index contributed by atoms with van der Waals surface area (Å²) in [6, 6.07) is 8.26. The molecule has 2 aromatic carbocycles. The largest absolute Gasteiger partial charge is 0.295 e. The molecule has 0 saturated carbocycles. The minimum atomic E-state index is -0.969. The predicted molar refractivity (Wildman–Crippen MR) is 104 cm³/mol. The van der Waals surface area contributed by atoms with E-state index in [0.29, 0.717) is 22.9 Å². The number of imide groups is 2. The topological polar surface area (TPSA) is 83.6 Å². The minimum Gasteiger partial charge on any atom is -0.295 e. The summed E-state index contributed by atoms with van der Waals surface area (Å²) < 4.78 is 0. The summed E-state index contributed by atoms with van der Waals surface area (Å²) >= 11 is 0. The van der Waals surface area contributed by atoms with E-state index >= 15 is 0 Å². The lowest BCUT2D eigenvalue weighted by molar-refractivity contribution is -0.136. The van der Waals surface area contributed by atoms with Gasteiger partial charge in [0.15, 0.2) is 0 Å². The molecule has 6 heteroatoms. The number of hydrogen-bond acceptors (Lipinski definition) is 4. The van der Waals surface area contributed by atoms with Crippen LogP contribution in [0, 0.1) is 5.41 Å². The van der Waals surface area contributed by atoms with Gasteiger partial charge in [0, 0.05) is 17.4 Å². The average Bonchev–Trinajstić information content (AvgIpc) is 2.60. The molecule has 0 spiro atoms.